The molecule has 2 aliphatic rings. The Morgan fingerprint density at radius 2 is 2.08 bits per heavy atom. The average molecular weight is 511 g/mol. The van der Waals surface area contributed by atoms with E-state index < -0.39 is 0 Å². The maximum Gasteiger partial charge on any atom is 0.249 e. The fourth-order valence-electron chi connectivity index (χ4n) is 5.07. The molecule has 4 heterocycles. The van der Waals surface area contributed by atoms with E-state index in [0.29, 0.717) is 26.3 Å². The number of hydrogen-bond donors (Lipinski definition) is 2. The minimum Gasteiger partial charge on any atom is -0.494 e. The van der Waals surface area contributed by atoms with Gasteiger partial charge in [-0.2, -0.15) is 0 Å². The Labute approximate surface area is 221 Å². The van der Waals surface area contributed by atoms with E-state index in [4.69, 9.17) is 14.2 Å². The Balaban J connectivity index is 1.18. The molecule has 8 heteroatoms. The van der Waals surface area contributed by atoms with Crippen molar-refractivity contribution in [1.29, 1.82) is 0 Å². The van der Waals surface area contributed by atoms with Crippen LogP contribution >= 0.6 is 0 Å². The Morgan fingerprint density at radius 1 is 1.13 bits per heavy atom. The van der Waals surface area contributed by atoms with E-state index in [2.05, 4.69) is 44.5 Å². The summed E-state index contributed by atoms with van der Waals surface area (Å²) in [6.45, 7) is 5.17. The SMILES string of the molecule is CCOc1ccnc(CNc2ccc3c(c2)Cc2cccc(C4CN(c5cc[nH]c(=O)c5)CCO4)c2O3)c1. The van der Waals surface area contributed by atoms with Gasteiger partial charge in [0.15, 0.2) is 0 Å². The zero-order valence-electron chi connectivity index (χ0n) is 21.3. The zero-order valence-corrected chi connectivity index (χ0v) is 21.3. The van der Waals surface area contributed by atoms with E-state index in [0.717, 1.165) is 64.0 Å². The number of hydrogen-bond acceptors (Lipinski definition) is 7. The van der Waals surface area contributed by atoms with Crippen molar-refractivity contribution in [3.63, 3.8) is 0 Å². The molecule has 38 heavy (non-hydrogen) atoms. The predicted octanol–water partition coefficient (Wildman–Crippen LogP) is 5.06. The second kappa shape index (κ2) is 10.6. The third kappa shape index (κ3) is 5.08. The van der Waals surface area contributed by atoms with Crippen LogP contribution in [0.3, 0.4) is 0 Å². The summed E-state index contributed by atoms with van der Waals surface area (Å²) in [5.41, 5.74) is 6.02. The highest BCUT2D eigenvalue weighted by Gasteiger charge is 2.28. The van der Waals surface area contributed by atoms with E-state index in [9.17, 15) is 4.79 Å². The van der Waals surface area contributed by atoms with Crippen LogP contribution in [0.25, 0.3) is 0 Å². The number of pyridine rings is 2. The summed E-state index contributed by atoms with van der Waals surface area (Å²) in [5, 5.41) is 3.47. The predicted molar refractivity (Wildman–Crippen MR) is 146 cm³/mol. The molecule has 0 spiro atoms. The number of benzene rings is 2. The molecule has 2 aromatic heterocycles. The molecule has 0 bridgehead atoms. The summed E-state index contributed by atoms with van der Waals surface area (Å²) in [7, 11) is 0. The number of rotatable bonds is 7. The molecule has 2 N–H and O–H groups in total. The largest absolute Gasteiger partial charge is 0.494 e. The second-order valence-corrected chi connectivity index (χ2v) is 9.42. The molecule has 0 saturated carbocycles. The van der Waals surface area contributed by atoms with Gasteiger partial charge in [0, 0.05) is 66.5 Å². The molecule has 0 amide bonds. The Bertz CT molecular complexity index is 1500. The van der Waals surface area contributed by atoms with Crippen LogP contribution in [0.15, 0.2) is 77.9 Å². The summed E-state index contributed by atoms with van der Waals surface area (Å²) in [6.07, 6.45) is 4.08. The second-order valence-electron chi connectivity index (χ2n) is 9.42. The number of ether oxygens (including phenoxy) is 3. The minimum absolute atomic E-state index is 0.105. The third-order valence-corrected chi connectivity index (χ3v) is 6.89. The first-order chi connectivity index (χ1) is 18.7. The molecule has 1 saturated heterocycles. The van der Waals surface area contributed by atoms with Crippen molar-refractivity contribution < 1.29 is 14.2 Å². The molecule has 194 valence electrons. The molecule has 8 nitrogen and oxygen atoms in total. The van der Waals surface area contributed by atoms with Crippen LogP contribution < -0.4 is 25.2 Å². The van der Waals surface area contributed by atoms with Gasteiger partial charge < -0.3 is 29.4 Å². The molecule has 1 fully saturated rings. The van der Waals surface area contributed by atoms with Gasteiger partial charge in [0.2, 0.25) is 5.56 Å². The number of morpholine rings is 1. The van der Waals surface area contributed by atoms with Crippen LogP contribution in [0.1, 0.15) is 35.4 Å². The van der Waals surface area contributed by atoms with Crippen LogP contribution in [-0.4, -0.2) is 36.3 Å². The average Bonchev–Trinajstić information content (AvgIpc) is 2.95. The first kappa shape index (κ1) is 24.1. The van der Waals surface area contributed by atoms with E-state index in [1.807, 2.05) is 37.3 Å². The van der Waals surface area contributed by atoms with E-state index in [1.165, 1.54) is 0 Å². The number of H-pyrrole nitrogens is 1. The molecule has 6 rings (SSSR count). The zero-order chi connectivity index (χ0) is 25.9. The molecule has 0 radical (unpaired) electrons. The van der Waals surface area contributed by atoms with Crippen LogP contribution in [0.5, 0.6) is 17.2 Å². The monoisotopic (exact) mass is 510 g/mol. The maximum absolute atomic E-state index is 11.8. The molecule has 2 aliphatic heterocycles. The topological polar surface area (TPSA) is 88.7 Å². The molecule has 1 unspecified atom stereocenters. The summed E-state index contributed by atoms with van der Waals surface area (Å²) in [5.74, 6) is 2.55. The lowest BCUT2D eigenvalue weighted by Crippen LogP contribution is -2.39. The molecular formula is C30H30N4O4. The number of para-hydroxylation sites is 1. The fourth-order valence-corrected chi connectivity index (χ4v) is 5.07. The number of nitrogens with zero attached hydrogens (tertiary/aromatic N) is 2. The van der Waals surface area contributed by atoms with Crippen LogP contribution in [0.2, 0.25) is 0 Å². The minimum atomic E-state index is -0.152. The van der Waals surface area contributed by atoms with E-state index >= 15 is 0 Å². The van der Waals surface area contributed by atoms with Gasteiger partial charge in [-0.3, -0.25) is 9.78 Å². The number of anilines is 2. The summed E-state index contributed by atoms with van der Waals surface area (Å²) in [6, 6.07) is 19.8. The van der Waals surface area contributed by atoms with Gasteiger partial charge in [-0.05, 0) is 42.8 Å². The highest BCUT2D eigenvalue weighted by atomic mass is 16.5. The van der Waals surface area contributed by atoms with E-state index in [1.54, 1.807) is 18.5 Å². The number of nitrogens with one attached hydrogen (secondary N) is 2. The lowest BCUT2D eigenvalue weighted by Gasteiger charge is -2.36. The smallest absolute Gasteiger partial charge is 0.249 e. The molecular weight excluding hydrogens is 480 g/mol. The Hall–Kier alpha value is -4.30. The molecule has 4 aromatic rings. The van der Waals surface area contributed by atoms with Crippen LogP contribution in [0.4, 0.5) is 11.4 Å². The Kier molecular flexibility index (Phi) is 6.71. The van der Waals surface area contributed by atoms with Crippen molar-refractivity contribution in [3.8, 4) is 17.2 Å². The fraction of sp³-hybridized carbons (Fsp3) is 0.267. The van der Waals surface area contributed by atoms with Crippen molar-refractivity contribution in [2.24, 2.45) is 0 Å². The molecule has 0 aliphatic carbocycles. The van der Waals surface area contributed by atoms with Crippen LogP contribution in [-0.2, 0) is 17.7 Å². The van der Waals surface area contributed by atoms with Crippen molar-refractivity contribution in [3.05, 3.63) is 106 Å². The normalized spacial score (nSPS) is 16.2. The van der Waals surface area contributed by atoms with E-state index in [-0.39, 0.29) is 11.7 Å². The van der Waals surface area contributed by atoms with Crippen molar-refractivity contribution in [2.45, 2.75) is 26.0 Å². The van der Waals surface area contributed by atoms with Crippen molar-refractivity contribution in [1.82, 2.24) is 9.97 Å². The summed E-state index contributed by atoms with van der Waals surface area (Å²) in [4.78, 5) is 21.1. The van der Waals surface area contributed by atoms with Gasteiger partial charge in [-0.1, -0.05) is 18.2 Å². The van der Waals surface area contributed by atoms with Gasteiger partial charge in [-0.25, -0.2) is 0 Å². The van der Waals surface area contributed by atoms with Gasteiger partial charge in [0.25, 0.3) is 0 Å². The first-order valence-corrected chi connectivity index (χ1v) is 13.0. The summed E-state index contributed by atoms with van der Waals surface area (Å²) < 4.78 is 18.2. The number of fused-ring (bicyclic) bond motifs is 2. The van der Waals surface area contributed by atoms with Gasteiger partial charge in [0.05, 0.1) is 25.5 Å². The third-order valence-electron chi connectivity index (χ3n) is 6.89. The van der Waals surface area contributed by atoms with Crippen molar-refractivity contribution in [2.75, 3.05) is 36.5 Å². The molecule has 1 atom stereocenters. The summed E-state index contributed by atoms with van der Waals surface area (Å²) >= 11 is 0. The van der Waals surface area contributed by atoms with Crippen LogP contribution in [0, 0.1) is 0 Å². The Morgan fingerprint density at radius 3 is 2.97 bits per heavy atom. The quantitative estimate of drug-likeness (QED) is 0.317. The highest BCUT2D eigenvalue weighted by Crippen LogP contribution is 2.43. The number of aromatic amines is 1. The number of aromatic nitrogens is 2. The standard InChI is InChI=1S/C30H30N4O4/c1-2-36-25-9-11-31-23(16-25)18-33-22-6-7-27-21(15-22)14-20-4-3-5-26(30(20)38-27)28-19-34(12-13-37-28)24-8-10-32-29(35)17-24/h3-11,15-17,28,33H,2,12-14,18-19H2,1H3,(H,32,35). The lowest BCUT2D eigenvalue weighted by molar-refractivity contribution is 0.0384. The molecule has 2 aromatic carbocycles. The maximum atomic E-state index is 11.8. The van der Waals surface area contributed by atoms with Gasteiger partial charge >= 0.3 is 0 Å². The first-order valence-electron chi connectivity index (χ1n) is 13.0. The highest BCUT2D eigenvalue weighted by molar-refractivity contribution is 5.59. The van der Waals surface area contributed by atoms with Gasteiger partial charge in [-0.15, -0.1) is 0 Å². The van der Waals surface area contributed by atoms with Crippen molar-refractivity contribution >= 4 is 11.4 Å². The van der Waals surface area contributed by atoms with Gasteiger partial charge in [0.1, 0.15) is 23.4 Å². The lowest BCUT2D eigenvalue weighted by atomic mass is 9.95.